The van der Waals surface area contributed by atoms with Gasteiger partial charge in [-0.1, -0.05) is 29.8 Å². The number of aryl methyl sites for hydroxylation is 1. The lowest BCUT2D eigenvalue weighted by Gasteiger charge is -2.16. The summed E-state index contributed by atoms with van der Waals surface area (Å²) in [6, 6.07) is 8.11. The minimum absolute atomic E-state index is 0.111. The zero-order chi connectivity index (χ0) is 13.8. The molecule has 0 heterocycles. The van der Waals surface area contributed by atoms with E-state index in [9.17, 15) is 8.42 Å². The molecule has 4 heteroatoms. The summed E-state index contributed by atoms with van der Waals surface area (Å²) >= 11 is 5.97. The maximum atomic E-state index is 11.8. The summed E-state index contributed by atoms with van der Waals surface area (Å²) in [6.45, 7) is 5.47. The molecule has 0 aliphatic heterocycles. The molecule has 0 spiro atoms. The van der Waals surface area contributed by atoms with Crippen LogP contribution in [0.4, 0.5) is 0 Å². The summed E-state index contributed by atoms with van der Waals surface area (Å²) in [5, 5.41) is -0.314. The van der Waals surface area contributed by atoms with Crippen molar-refractivity contribution < 1.29 is 8.42 Å². The second-order valence-corrected chi connectivity index (χ2v) is 7.96. The zero-order valence-electron chi connectivity index (χ0n) is 11.2. The minimum atomic E-state index is -2.98. The highest BCUT2D eigenvalue weighted by atomic mass is 35.5. The molecule has 0 amide bonds. The maximum absolute atomic E-state index is 11.8. The van der Waals surface area contributed by atoms with Gasteiger partial charge in [-0.15, -0.1) is 11.6 Å². The summed E-state index contributed by atoms with van der Waals surface area (Å²) in [6.07, 6.45) is 0.591. The number of sulfone groups is 1. The van der Waals surface area contributed by atoms with Crippen molar-refractivity contribution in [3.05, 3.63) is 35.4 Å². The van der Waals surface area contributed by atoms with E-state index < -0.39 is 9.84 Å². The highest BCUT2D eigenvalue weighted by Gasteiger charge is 2.19. The van der Waals surface area contributed by atoms with Crippen LogP contribution in [0.25, 0.3) is 0 Å². The number of benzene rings is 1. The second kappa shape index (κ2) is 6.58. The Morgan fingerprint density at radius 3 is 2.44 bits per heavy atom. The number of halogens is 1. The third-order valence-corrected chi connectivity index (χ3v) is 5.78. The topological polar surface area (TPSA) is 34.1 Å². The first-order valence-electron chi connectivity index (χ1n) is 6.21. The van der Waals surface area contributed by atoms with Crippen molar-refractivity contribution in [2.45, 2.75) is 38.4 Å². The Balaban J connectivity index is 2.75. The smallest absolute Gasteiger partial charge is 0.152 e. The Morgan fingerprint density at radius 2 is 1.94 bits per heavy atom. The van der Waals surface area contributed by atoms with Gasteiger partial charge in [0.2, 0.25) is 0 Å². The average molecular weight is 289 g/mol. The summed E-state index contributed by atoms with van der Waals surface area (Å²) in [5.74, 6) is 0.771. The van der Waals surface area contributed by atoms with Crippen molar-refractivity contribution in [2.24, 2.45) is 0 Å². The molecule has 0 aliphatic carbocycles. The maximum Gasteiger partial charge on any atom is 0.152 e. The van der Waals surface area contributed by atoms with E-state index in [4.69, 9.17) is 11.6 Å². The van der Waals surface area contributed by atoms with E-state index in [0.717, 1.165) is 5.56 Å². The number of hydrogen-bond donors (Lipinski definition) is 0. The third kappa shape index (κ3) is 4.29. The molecule has 2 nitrogen and oxygen atoms in total. The standard InChI is InChI=1S/C14H21ClO2S/c1-11(2)18(16,17)8-7-14(10-15)13-6-4-5-12(3)9-13/h4-6,9,11,14H,7-8,10H2,1-3H3. The molecule has 0 aromatic heterocycles. The van der Waals surface area contributed by atoms with E-state index in [1.54, 1.807) is 13.8 Å². The molecule has 1 unspecified atom stereocenters. The lowest BCUT2D eigenvalue weighted by molar-refractivity contribution is 0.580. The Kier molecular flexibility index (Phi) is 5.67. The van der Waals surface area contributed by atoms with Crippen LogP contribution in [-0.4, -0.2) is 25.3 Å². The van der Waals surface area contributed by atoms with Crippen molar-refractivity contribution >= 4 is 21.4 Å². The van der Waals surface area contributed by atoms with Gasteiger partial charge in [-0.25, -0.2) is 8.42 Å². The van der Waals surface area contributed by atoms with E-state index in [-0.39, 0.29) is 16.9 Å². The molecule has 102 valence electrons. The Labute approximate surface area is 115 Å². The van der Waals surface area contributed by atoms with Crippen LogP contribution in [0.1, 0.15) is 37.3 Å². The van der Waals surface area contributed by atoms with Crippen LogP contribution in [0.15, 0.2) is 24.3 Å². The molecule has 0 fully saturated rings. The highest BCUT2D eigenvalue weighted by Crippen LogP contribution is 2.23. The van der Waals surface area contributed by atoms with Gasteiger partial charge >= 0.3 is 0 Å². The number of rotatable bonds is 6. The lowest BCUT2D eigenvalue weighted by Crippen LogP contribution is -2.19. The van der Waals surface area contributed by atoms with Crippen LogP contribution >= 0.6 is 11.6 Å². The summed E-state index contributed by atoms with van der Waals surface area (Å²) in [4.78, 5) is 0. The number of hydrogen-bond acceptors (Lipinski definition) is 2. The van der Waals surface area contributed by atoms with Crippen LogP contribution in [0, 0.1) is 6.92 Å². The lowest BCUT2D eigenvalue weighted by atomic mass is 9.97. The minimum Gasteiger partial charge on any atom is -0.229 e. The molecule has 1 aromatic carbocycles. The van der Waals surface area contributed by atoms with Crippen molar-refractivity contribution in [3.63, 3.8) is 0 Å². The Bertz CT molecular complexity index is 480. The quantitative estimate of drug-likeness (QED) is 0.751. The molecule has 1 atom stereocenters. The average Bonchev–Trinajstić information content (AvgIpc) is 2.29. The fraction of sp³-hybridized carbons (Fsp3) is 0.571. The highest BCUT2D eigenvalue weighted by molar-refractivity contribution is 7.91. The molecule has 0 aliphatic rings. The monoisotopic (exact) mass is 288 g/mol. The number of alkyl halides is 1. The fourth-order valence-corrected chi connectivity index (χ4v) is 3.22. The van der Waals surface area contributed by atoms with Gasteiger partial charge in [0.15, 0.2) is 9.84 Å². The summed E-state index contributed by atoms with van der Waals surface area (Å²) in [5.41, 5.74) is 2.30. The normalized spacial score (nSPS) is 13.8. The Hall–Kier alpha value is -0.540. The van der Waals surface area contributed by atoms with Gasteiger partial charge in [0.25, 0.3) is 0 Å². The van der Waals surface area contributed by atoms with Gasteiger partial charge in [-0.2, -0.15) is 0 Å². The molecule has 0 radical (unpaired) electrons. The molecular weight excluding hydrogens is 268 g/mol. The van der Waals surface area contributed by atoms with Crippen molar-refractivity contribution in [3.8, 4) is 0 Å². The molecule has 0 saturated heterocycles. The molecule has 0 N–H and O–H groups in total. The SMILES string of the molecule is Cc1cccc(C(CCl)CCS(=O)(=O)C(C)C)c1. The first-order chi connectivity index (χ1) is 8.36. The van der Waals surface area contributed by atoms with Crippen molar-refractivity contribution in [1.82, 2.24) is 0 Å². The van der Waals surface area contributed by atoms with Crippen LogP contribution in [0.2, 0.25) is 0 Å². The first kappa shape index (κ1) is 15.5. The van der Waals surface area contributed by atoms with Crippen LogP contribution in [-0.2, 0) is 9.84 Å². The van der Waals surface area contributed by atoms with Crippen LogP contribution in [0.5, 0.6) is 0 Å². The predicted molar refractivity (Wildman–Crippen MR) is 78.2 cm³/mol. The van der Waals surface area contributed by atoms with E-state index in [1.165, 1.54) is 5.56 Å². The molecule has 0 bridgehead atoms. The summed E-state index contributed by atoms with van der Waals surface area (Å²) in [7, 11) is -2.98. The van der Waals surface area contributed by atoms with E-state index in [0.29, 0.717) is 12.3 Å². The van der Waals surface area contributed by atoms with E-state index in [2.05, 4.69) is 6.07 Å². The van der Waals surface area contributed by atoms with Gasteiger partial charge in [0.05, 0.1) is 11.0 Å². The largest absolute Gasteiger partial charge is 0.229 e. The van der Waals surface area contributed by atoms with E-state index in [1.807, 2.05) is 25.1 Å². The van der Waals surface area contributed by atoms with Gasteiger partial charge < -0.3 is 0 Å². The van der Waals surface area contributed by atoms with Crippen LogP contribution < -0.4 is 0 Å². The zero-order valence-corrected chi connectivity index (χ0v) is 12.8. The molecule has 1 rings (SSSR count). The fourth-order valence-electron chi connectivity index (χ4n) is 1.80. The van der Waals surface area contributed by atoms with E-state index >= 15 is 0 Å². The molecule has 1 aromatic rings. The molecular formula is C14H21ClO2S. The predicted octanol–water partition coefficient (Wildman–Crippen LogP) is 3.53. The van der Waals surface area contributed by atoms with Crippen molar-refractivity contribution in [2.75, 3.05) is 11.6 Å². The second-order valence-electron chi connectivity index (χ2n) is 4.97. The summed E-state index contributed by atoms with van der Waals surface area (Å²) < 4.78 is 23.6. The molecule has 0 saturated carbocycles. The van der Waals surface area contributed by atoms with Crippen LogP contribution in [0.3, 0.4) is 0 Å². The third-order valence-electron chi connectivity index (χ3n) is 3.17. The van der Waals surface area contributed by atoms with Gasteiger partial charge in [0, 0.05) is 5.88 Å². The molecule has 18 heavy (non-hydrogen) atoms. The van der Waals surface area contributed by atoms with Gasteiger partial charge in [0.1, 0.15) is 0 Å². The first-order valence-corrected chi connectivity index (χ1v) is 8.46. The van der Waals surface area contributed by atoms with Gasteiger partial charge in [-0.05, 0) is 38.7 Å². The van der Waals surface area contributed by atoms with Gasteiger partial charge in [-0.3, -0.25) is 0 Å². The van der Waals surface area contributed by atoms with Crippen molar-refractivity contribution in [1.29, 1.82) is 0 Å². The Morgan fingerprint density at radius 1 is 1.28 bits per heavy atom.